The van der Waals surface area contributed by atoms with E-state index in [0.29, 0.717) is 5.56 Å². The summed E-state index contributed by atoms with van der Waals surface area (Å²) >= 11 is 0. The molecule has 0 saturated carbocycles. The van der Waals surface area contributed by atoms with Gasteiger partial charge in [-0.15, -0.1) is 0 Å². The summed E-state index contributed by atoms with van der Waals surface area (Å²) < 4.78 is 51.5. The van der Waals surface area contributed by atoms with Gasteiger partial charge in [0.15, 0.2) is 0 Å². The molecular formula is C21H15F3N4O2S. The second kappa shape index (κ2) is 8.25. The minimum absolute atomic E-state index is 0.0462. The predicted octanol–water partition coefficient (Wildman–Crippen LogP) is 4.38. The van der Waals surface area contributed by atoms with Gasteiger partial charge in [-0.2, -0.15) is 23.7 Å². The first-order valence-electron chi connectivity index (χ1n) is 8.84. The van der Waals surface area contributed by atoms with Crippen LogP contribution in [0, 0.1) is 22.7 Å². The van der Waals surface area contributed by atoms with Crippen molar-refractivity contribution < 1.29 is 22.2 Å². The molecule has 1 aliphatic rings. The zero-order valence-corrected chi connectivity index (χ0v) is 17.1. The van der Waals surface area contributed by atoms with Gasteiger partial charge in [-0.05, 0) is 42.8 Å². The molecule has 6 nitrogen and oxygen atoms in total. The zero-order chi connectivity index (χ0) is 22.9. The van der Waals surface area contributed by atoms with Gasteiger partial charge in [-0.25, -0.2) is 4.79 Å². The van der Waals surface area contributed by atoms with E-state index in [-0.39, 0.29) is 27.4 Å². The maximum atomic E-state index is 13.1. The van der Waals surface area contributed by atoms with E-state index in [2.05, 4.69) is 5.32 Å². The summed E-state index contributed by atoms with van der Waals surface area (Å²) in [5.74, 6) is 0. The number of nitriles is 2. The quantitative estimate of drug-likeness (QED) is 0.760. The van der Waals surface area contributed by atoms with E-state index in [1.807, 2.05) is 12.1 Å². The molecule has 1 heterocycles. The third kappa shape index (κ3) is 4.16. The summed E-state index contributed by atoms with van der Waals surface area (Å²) in [6.45, 7) is 1.46. The van der Waals surface area contributed by atoms with Crippen LogP contribution < -0.4 is 10.2 Å². The molecule has 0 bridgehead atoms. The zero-order valence-electron chi connectivity index (χ0n) is 16.3. The molecule has 2 aromatic carbocycles. The molecule has 3 rings (SSSR count). The van der Waals surface area contributed by atoms with Gasteiger partial charge in [0.25, 0.3) is 0 Å². The lowest BCUT2D eigenvalue weighted by atomic mass is 9.94. The first-order chi connectivity index (χ1) is 14.6. The van der Waals surface area contributed by atoms with Crippen molar-refractivity contribution in [2.45, 2.75) is 24.0 Å². The molecule has 0 aliphatic carbocycles. The standard InChI is InChI=1S/C21H15F3N4O2S/c1-12-17(11-26)19(16-7-6-13(10-25)8-18(16)31(2)30)27-20(29)28(12)15-5-3-4-14(9-15)21(22,23)24/h3-9,19H,1-2H3,(H,27,29)/t19-,31?/m1/s1. The summed E-state index contributed by atoms with van der Waals surface area (Å²) in [7, 11) is -1.52. The largest absolute Gasteiger partial charge is 0.416 e. The van der Waals surface area contributed by atoms with Crippen LogP contribution in [0.25, 0.3) is 0 Å². The van der Waals surface area contributed by atoms with Crippen LogP contribution in [0.5, 0.6) is 0 Å². The lowest BCUT2D eigenvalue weighted by Crippen LogP contribution is -2.46. The Balaban J connectivity index is 2.15. The number of halogens is 3. The maximum Gasteiger partial charge on any atom is 0.416 e. The highest BCUT2D eigenvalue weighted by Gasteiger charge is 2.36. The first kappa shape index (κ1) is 22.1. The number of urea groups is 1. The normalized spacial score (nSPS) is 17.6. The van der Waals surface area contributed by atoms with Gasteiger partial charge in [0.2, 0.25) is 0 Å². The number of hydrogen-bond acceptors (Lipinski definition) is 4. The number of anilines is 1. The number of amides is 2. The Morgan fingerprint density at radius 1 is 1.13 bits per heavy atom. The Morgan fingerprint density at radius 2 is 1.84 bits per heavy atom. The number of carbonyl (C=O) groups is 1. The van der Waals surface area contributed by atoms with Crippen molar-refractivity contribution in [2.75, 3.05) is 11.2 Å². The van der Waals surface area contributed by atoms with Gasteiger partial charge in [0.05, 0.1) is 51.4 Å². The number of alkyl halides is 3. The van der Waals surface area contributed by atoms with Crippen LogP contribution in [0.3, 0.4) is 0 Å². The number of rotatable bonds is 3. The number of nitrogens with one attached hydrogen (secondary N) is 1. The van der Waals surface area contributed by atoms with Crippen LogP contribution in [0.4, 0.5) is 23.7 Å². The van der Waals surface area contributed by atoms with E-state index in [4.69, 9.17) is 5.26 Å². The molecule has 2 atom stereocenters. The smallest absolute Gasteiger partial charge is 0.326 e. The second-order valence-electron chi connectivity index (χ2n) is 6.70. The molecule has 2 aromatic rings. The van der Waals surface area contributed by atoms with Gasteiger partial charge in [-0.1, -0.05) is 12.1 Å². The van der Waals surface area contributed by atoms with Crippen LogP contribution in [0.2, 0.25) is 0 Å². The van der Waals surface area contributed by atoms with Crippen molar-refractivity contribution >= 4 is 22.5 Å². The summed E-state index contributed by atoms with van der Waals surface area (Å²) in [6.07, 6.45) is -3.19. The molecule has 0 radical (unpaired) electrons. The molecule has 1 N–H and O–H groups in total. The molecule has 1 aliphatic heterocycles. The van der Waals surface area contributed by atoms with Gasteiger partial charge in [0.1, 0.15) is 0 Å². The van der Waals surface area contributed by atoms with Crippen molar-refractivity contribution in [1.82, 2.24) is 5.32 Å². The lowest BCUT2D eigenvalue weighted by Gasteiger charge is -2.34. The highest BCUT2D eigenvalue weighted by Crippen LogP contribution is 2.37. The molecule has 0 aromatic heterocycles. The van der Waals surface area contributed by atoms with Crippen molar-refractivity contribution in [1.29, 1.82) is 10.5 Å². The Bertz CT molecular complexity index is 1210. The lowest BCUT2D eigenvalue weighted by molar-refractivity contribution is -0.137. The Kier molecular flexibility index (Phi) is 5.87. The van der Waals surface area contributed by atoms with Crippen LogP contribution in [-0.2, 0) is 17.0 Å². The Labute approximate surface area is 178 Å². The van der Waals surface area contributed by atoms with E-state index < -0.39 is 34.6 Å². The van der Waals surface area contributed by atoms with Crippen molar-refractivity contribution in [3.63, 3.8) is 0 Å². The third-order valence-electron chi connectivity index (χ3n) is 4.80. The molecule has 158 valence electrons. The average molecular weight is 444 g/mol. The minimum atomic E-state index is -4.59. The topological polar surface area (TPSA) is 97.0 Å². The highest BCUT2D eigenvalue weighted by molar-refractivity contribution is 7.84. The van der Waals surface area contributed by atoms with Crippen molar-refractivity contribution in [3.8, 4) is 12.1 Å². The van der Waals surface area contributed by atoms with E-state index in [0.717, 1.165) is 17.0 Å². The Morgan fingerprint density at radius 3 is 2.42 bits per heavy atom. The number of allylic oxidation sites excluding steroid dienone is 1. The fourth-order valence-corrected chi connectivity index (χ4v) is 4.15. The molecule has 10 heteroatoms. The fourth-order valence-electron chi connectivity index (χ4n) is 3.34. The van der Waals surface area contributed by atoms with Crippen molar-refractivity contribution in [2.24, 2.45) is 0 Å². The number of carbonyl (C=O) groups excluding carboxylic acids is 1. The number of hydrogen-bond donors (Lipinski definition) is 1. The summed E-state index contributed by atoms with van der Waals surface area (Å²) in [5.41, 5.74) is -0.119. The molecular weight excluding hydrogens is 429 g/mol. The van der Waals surface area contributed by atoms with Crippen LogP contribution >= 0.6 is 0 Å². The predicted molar refractivity (Wildman–Crippen MR) is 107 cm³/mol. The van der Waals surface area contributed by atoms with Crippen molar-refractivity contribution in [3.05, 3.63) is 70.4 Å². The van der Waals surface area contributed by atoms with Gasteiger partial charge < -0.3 is 5.32 Å². The minimum Gasteiger partial charge on any atom is -0.326 e. The van der Waals surface area contributed by atoms with Crippen LogP contribution in [0.1, 0.15) is 29.7 Å². The van der Waals surface area contributed by atoms with E-state index in [1.54, 1.807) is 0 Å². The first-order valence-corrected chi connectivity index (χ1v) is 10.4. The van der Waals surface area contributed by atoms with E-state index in [1.165, 1.54) is 43.5 Å². The molecule has 0 saturated heterocycles. The summed E-state index contributed by atoms with van der Waals surface area (Å²) in [5, 5.41) is 21.5. The van der Waals surface area contributed by atoms with Gasteiger partial charge >= 0.3 is 12.2 Å². The van der Waals surface area contributed by atoms with E-state index >= 15 is 0 Å². The molecule has 0 fully saturated rings. The SMILES string of the molecule is CC1=C(C#N)[C@@H](c2ccc(C#N)cc2S(C)=O)NC(=O)N1c1cccc(C(F)(F)F)c1. The molecule has 31 heavy (non-hydrogen) atoms. The summed E-state index contributed by atoms with van der Waals surface area (Å²) in [6, 6.07) is 10.9. The molecule has 1 unspecified atom stereocenters. The maximum absolute atomic E-state index is 13.1. The average Bonchev–Trinajstić information content (AvgIpc) is 2.72. The number of nitrogens with zero attached hydrogens (tertiary/aromatic N) is 3. The second-order valence-corrected chi connectivity index (χ2v) is 8.04. The van der Waals surface area contributed by atoms with Crippen LogP contribution in [-0.4, -0.2) is 16.5 Å². The third-order valence-corrected chi connectivity index (χ3v) is 5.77. The summed E-state index contributed by atoms with van der Waals surface area (Å²) in [4.78, 5) is 14.1. The van der Waals surface area contributed by atoms with Gasteiger partial charge in [-0.3, -0.25) is 9.11 Å². The molecule has 0 spiro atoms. The van der Waals surface area contributed by atoms with E-state index in [9.17, 15) is 27.4 Å². The van der Waals surface area contributed by atoms with Crippen LogP contribution in [0.15, 0.2) is 58.6 Å². The Hall–Kier alpha value is -3.63. The highest BCUT2D eigenvalue weighted by atomic mass is 32.2. The monoisotopic (exact) mass is 444 g/mol. The van der Waals surface area contributed by atoms with Gasteiger partial charge in [0, 0.05) is 16.8 Å². The fraction of sp³-hybridized carbons (Fsp3) is 0.190. The number of benzene rings is 2. The molecule has 2 amide bonds.